The Hall–Kier alpha value is -0.240. The number of hydrogen-bond donors (Lipinski definition) is 6. The minimum Gasteiger partial charge on any atom is -0.318 e. The van der Waals surface area contributed by atoms with Crippen molar-refractivity contribution >= 4 is 0 Å². The van der Waals surface area contributed by atoms with E-state index in [0.717, 1.165) is 65.4 Å². The highest BCUT2D eigenvalue weighted by Gasteiger charge is 1.89. The summed E-state index contributed by atoms with van der Waals surface area (Å²) in [6.07, 6.45) is 0. The van der Waals surface area contributed by atoms with Gasteiger partial charge in [-0.1, -0.05) is 0 Å². The van der Waals surface area contributed by atoms with E-state index < -0.39 is 0 Å². The Bertz CT molecular complexity index is 129. The second-order valence-electron chi connectivity index (χ2n) is 4.21. The van der Waals surface area contributed by atoms with Crippen LogP contribution in [0.5, 0.6) is 0 Å². The molecule has 0 fully saturated rings. The summed E-state index contributed by atoms with van der Waals surface area (Å²) >= 11 is 0. The second-order valence-corrected chi connectivity index (χ2v) is 4.21. The lowest BCUT2D eigenvalue weighted by molar-refractivity contribution is 0.560. The van der Waals surface area contributed by atoms with Crippen LogP contribution in [0, 0.1) is 0 Å². The number of nitrogens with one attached hydrogen (secondary N) is 6. The standard InChI is InChI=1S/C12H32N6/c1-13-3-5-15-7-9-17-11-12-18-10-8-16-6-4-14-2/h13-18H,3-12H2,1-2H3. The maximum absolute atomic E-state index is 3.40. The Morgan fingerprint density at radius 2 is 0.611 bits per heavy atom. The normalized spacial score (nSPS) is 11.0. The van der Waals surface area contributed by atoms with Crippen LogP contribution in [0.4, 0.5) is 0 Å². The van der Waals surface area contributed by atoms with E-state index in [9.17, 15) is 0 Å². The van der Waals surface area contributed by atoms with E-state index in [1.807, 2.05) is 14.1 Å². The fourth-order valence-electron chi connectivity index (χ4n) is 1.46. The summed E-state index contributed by atoms with van der Waals surface area (Å²) in [6, 6.07) is 0. The molecule has 0 unspecified atom stereocenters. The van der Waals surface area contributed by atoms with Gasteiger partial charge >= 0.3 is 0 Å². The molecule has 0 aliphatic carbocycles. The highest BCUT2D eigenvalue weighted by Crippen LogP contribution is 1.63. The highest BCUT2D eigenvalue weighted by molar-refractivity contribution is 4.57. The molecule has 0 radical (unpaired) electrons. The zero-order valence-electron chi connectivity index (χ0n) is 12.1. The van der Waals surface area contributed by atoms with E-state index in [2.05, 4.69) is 31.9 Å². The van der Waals surface area contributed by atoms with Crippen molar-refractivity contribution in [3.63, 3.8) is 0 Å². The molecule has 6 N–H and O–H groups in total. The molecule has 0 aromatic heterocycles. The van der Waals surface area contributed by atoms with Crippen LogP contribution in [-0.4, -0.2) is 79.5 Å². The Morgan fingerprint density at radius 1 is 0.389 bits per heavy atom. The predicted octanol–water partition coefficient (Wildman–Crippen LogP) is -2.22. The molecule has 0 atom stereocenters. The Balaban J connectivity index is 2.86. The van der Waals surface area contributed by atoms with E-state index in [1.165, 1.54) is 0 Å². The molecule has 0 amide bonds. The molecular weight excluding hydrogens is 228 g/mol. The van der Waals surface area contributed by atoms with Crippen LogP contribution in [0.25, 0.3) is 0 Å². The van der Waals surface area contributed by atoms with E-state index in [4.69, 9.17) is 0 Å². The summed E-state index contributed by atoms with van der Waals surface area (Å²) in [7, 11) is 3.94. The van der Waals surface area contributed by atoms with Crippen LogP contribution in [0.3, 0.4) is 0 Å². The molecule has 0 rings (SSSR count). The molecule has 0 aliphatic rings. The lowest BCUT2D eigenvalue weighted by Crippen LogP contribution is -2.36. The van der Waals surface area contributed by atoms with E-state index in [1.54, 1.807) is 0 Å². The van der Waals surface area contributed by atoms with Gasteiger partial charge < -0.3 is 31.9 Å². The van der Waals surface area contributed by atoms with Crippen LogP contribution >= 0.6 is 0 Å². The molecule has 0 aromatic carbocycles. The van der Waals surface area contributed by atoms with Gasteiger partial charge in [-0.3, -0.25) is 0 Å². The van der Waals surface area contributed by atoms with Crippen molar-refractivity contribution in [2.24, 2.45) is 0 Å². The van der Waals surface area contributed by atoms with Crippen molar-refractivity contribution in [1.82, 2.24) is 31.9 Å². The lowest BCUT2D eigenvalue weighted by atomic mass is 10.5. The van der Waals surface area contributed by atoms with Gasteiger partial charge in [-0.2, -0.15) is 0 Å². The summed E-state index contributed by atoms with van der Waals surface area (Å²) in [6.45, 7) is 10.3. The van der Waals surface area contributed by atoms with Gasteiger partial charge in [-0.25, -0.2) is 0 Å². The summed E-state index contributed by atoms with van der Waals surface area (Å²) in [4.78, 5) is 0. The first-order chi connectivity index (χ1) is 8.91. The third-order valence-electron chi connectivity index (χ3n) is 2.54. The fraction of sp³-hybridized carbons (Fsp3) is 1.00. The van der Waals surface area contributed by atoms with E-state index in [-0.39, 0.29) is 0 Å². The zero-order chi connectivity index (χ0) is 13.3. The minimum atomic E-state index is 1.03. The van der Waals surface area contributed by atoms with Gasteiger partial charge in [0.15, 0.2) is 0 Å². The van der Waals surface area contributed by atoms with Crippen molar-refractivity contribution in [2.45, 2.75) is 0 Å². The Labute approximate surface area is 112 Å². The van der Waals surface area contributed by atoms with E-state index in [0.29, 0.717) is 0 Å². The van der Waals surface area contributed by atoms with Gasteiger partial charge in [-0.05, 0) is 14.1 Å². The first-order valence-corrected chi connectivity index (χ1v) is 7.04. The van der Waals surface area contributed by atoms with Gasteiger partial charge in [0.25, 0.3) is 0 Å². The molecule has 0 aliphatic heterocycles. The highest BCUT2D eigenvalue weighted by atomic mass is 15.0. The first-order valence-electron chi connectivity index (χ1n) is 7.04. The third kappa shape index (κ3) is 15.8. The SMILES string of the molecule is CNCCNCCNCCNCCNCCNC. The van der Waals surface area contributed by atoms with E-state index >= 15 is 0 Å². The number of likely N-dealkylation sites (N-methyl/N-ethyl adjacent to an activating group) is 2. The molecule has 0 bridgehead atoms. The summed E-state index contributed by atoms with van der Waals surface area (Å²) in [5, 5.41) is 19.7. The van der Waals surface area contributed by atoms with Crippen LogP contribution in [0.15, 0.2) is 0 Å². The molecule has 18 heavy (non-hydrogen) atoms. The molecular formula is C12H32N6. The molecule has 0 spiro atoms. The molecule has 0 saturated carbocycles. The predicted molar refractivity (Wildman–Crippen MR) is 79.3 cm³/mol. The van der Waals surface area contributed by atoms with Crippen molar-refractivity contribution in [1.29, 1.82) is 0 Å². The molecule has 0 saturated heterocycles. The van der Waals surface area contributed by atoms with Gasteiger partial charge in [-0.15, -0.1) is 0 Å². The largest absolute Gasteiger partial charge is 0.318 e. The molecule has 0 heterocycles. The van der Waals surface area contributed by atoms with Crippen LogP contribution < -0.4 is 31.9 Å². The molecule has 110 valence electrons. The van der Waals surface area contributed by atoms with Crippen molar-refractivity contribution in [3.05, 3.63) is 0 Å². The summed E-state index contributed by atoms with van der Waals surface area (Å²) in [5.74, 6) is 0. The van der Waals surface area contributed by atoms with Crippen LogP contribution in [-0.2, 0) is 0 Å². The van der Waals surface area contributed by atoms with Gasteiger partial charge in [0.05, 0.1) is 0 Å². The van der Waals surface area contributed by atoms with Crippen molar-refractivity contribution < 1.29 is 0 Å². The molecule has 0 aromatic rings. The van der Waals surface area contributed by atoms with Gasteiger partial charge in [0, 0.05) is 65.4 Å². The van der Waals surface area contributed by atoms with Crippen molar-refractivity contribution in [3.8, 4) is 0 Å². The summed E-state index contributed by atoms with van der Waals surface area (Å²) in [5.41, 5.74) is 0. The maximum atomic E-state index is 3.40. The van der Waals surface area contributed by atoms with Crippen molar-refractivity contribution in [2.75, 3.05) is 79.5 Å². The molecule has 6 heteroatoms. The van der Waals surface area contributed by atoms with Gasteiger partial charge in [0.1, 0.15) is 0 Å². The minimum absolute atomic E-state index is 1.03. The smallest absolute Gasteiger partial charge is 0.00772 e. The number of rotatable bonds is 15. The topological polar surface area (TPSA) is 72.2 Å². The lowest BCUT2D eigenvalue weighted by Gasteiger charge is -2.08. The average molecular weight is 260 g/mol. The summed E-state index contributed by atoms with van der Waals surface area (Å²) < 4.78 is 0. The molecule has 6 nitrogen and oxygen atoms in total. The quantitative estimate of drug-likeness (QED) is 0.188. The van der Waals surface area contributed by atoms with Gasteiger partial charge in [0.2, 0.25) is 0 Å². The Morgan fingerprint density at radius 3 is 0.833 bits per heavy atom. The Kier molecular flexibility index (Phi) is 16.5. The first kappa shape index (κ1) is 17.8. The third-order valence-corrected chi connectivity index (χ3v) is 2.54. The van der Waals surface area contributed by atoms with Crippen LogP contribution in [0.1, 0.15) is 0 Å². The number of hydrogen-bond acceptors (Lipinski definition) is 6. The second kappa shape index (κ2) is 16.8. The fourth-order valence-corrected chi connectivity index (χ4v) is 1.46. The maximum Gasteiger partial charge on any atom is 0.00772 e. The monoisotopic (exact) mass is 260 g/mol. The van der Waals surface area contributed by atoms with Crippen LogP contribution in [0.2, 0.25) is 0 Å². The zero-order valence-corrected chi connectivity index (χ0v) is 12.1. The average Bonchev–Trinajstić information content (AvgIpc) is 2.39.